The number of rotatable bonds is 4. The topological polar surface area (TPSA) is 99.8 Å². The van der Waals surface area contributed by atoms with Crippen molar-refractivity contribution in [2.45, 2.75) is 18.3 Å². The SMILES string of the molecule is O=c1ccc(-n2cccn2)nn1C1COCC1Nc1ccc(C(F)(F)F)nn1. The average Bonchev–Trinajstić information content (AvgIpc) is 3.34. The van der Waals surface area contributed by atoms with Crippen molar-refractivity contribution < 1.29 is 17.9 Å². The van der Waals surface area contributed by atoms with Crippen LogP contribution in [0.1, 0.15) is 11.7 Å². The van der Waals surface area contributed by atoms with Crippen molar-refractivity contribution in [1.29, 1.82) is 0 Å². The van der Waals surface area contributed by atoms with E-state index in [-0.39, 0.29) is 24.6 Å². The molecule has 12 heteroatoms. The summed E-state index contributed by atoms with van der Waals surface area (Å²) in [6, 6.07) is 5.76. The molecule has 0 amide bonds. The summed E-state index contributed by atoms with van der Waals surface area (Å²) in [6.45, 7) is 0.439. The number of alkyl halides is 3. The molecule has 1 fully saturated rings. The normalized spacial score (nSPS) is 19.7. The largest absolute Gasteiger partial charge is 0.435 e. The molecule has 1 aliphatic rings. The van der Waals surface area contributed by atoms with Crippen molar-refractivity contribution in [3.05, 3.63) is 58.8 Å². The maximum atomic E-state index is 12.6. The second-order valence-corrected chi connectivity index (χ2v) is 6.08. The Morgan fingerprint density at radius 1 is 1.14 bits per heavy atom. The second-order valence-electron chi connectivity index (χ2n) is 6.08. The lowest BCUT2D eigenvalue weighted by atomic mass is 10.1. The summed E-state index contributed by atoms with van der Waals surface area (Å²) >= 11 is 0. The van der Waals surface area contributed by atoms with Gasteiger partial charge in [0, 0.05) is 18.5 Å². The van der Waals surface area contributed by atoms with Crippen LogP contribution in [0.2, 0.25) is 0 Å². The van der Waals surface area contributed by atoms with Gasteiger partial charge in [0.15, 0.2) is 11.5 Å². The minimum absolute atomic E-state index is 0.143. The van der Waals surface area contributed by atoms with Gasteiger partial charge in [0.25, 0.3) is 5.56 Å². The first-order chi connectivity index (χ1) is 13.4. The molecule has 2 unspecified atom stereocenters. The molecule has 0 saturated carbocycles. The Bertz CT molecular complexity index is 1000. The molecule has 146 valence electrons. The van der Waals surface area contributed by atoms with Crippen LogP contribution in [-0.2, 0) is 10.9 Å². The van der Waals surface area contributed by atoms with Crippen LogP contribution in [0.15, 0.2) is 47.5 Å². The molecule has 0 radical (unpaired) electrons. The molecule has 28 heavy (non-hydrogen) atoms. The van der Waals surface area contributed by atoms with E-state index in [1.165, 1.54) is 21.5 Å². The highest BCUT2D eigenvalue weighted by Gasteiger charge is 2.34. The van der Waals surface area contributed by atoms with E-state index in [4.69, 9.17) is 4.74 Å². The van der Waals surface area contributed by atoms with Crippen molar-refractivity contribution in [1.82, 2.24) is 29.8 Å². The Labute approximate surface area is 155 Å². The third-order valence-electron chi connectivity index (χ3n) is 4.20. The molecule has 4 heterocycles. The maximum absolute atomic E-state index is 12.6. The van der Waals surface area contributed by atoms with Gasteiger partial charge in [0.1, 0.15) is 11.9 Å². The Morgan fingerprint density at radius 2 is 2.00 bits per heavy atom. The van der Waals surface area contributed by atoms with Gasteiger partial charge < -0.3 is 10.1 Å². The van der Waals surface area contributed by atoms with Gasteiger partial charge in [-0.1, -0.05) is 0 Å². The zero-order valence-electron chi connectivity index (χ0n) is 14.2. The van der Waals surface area contributed by atoms with Crippen LogP contribution in [0, 0.1) is 0 Å². The molecule has 0 aliphatic carbocycles. The number of ether oxygens (including phenoxy) is 1. The molecule has 1 saturated heterocycles. The first-order valence-corrected chi connectivity index (χ1v) is 8.27. The third kappa shape index (κ3) is 3.58. The Hall–Kier alpha value is -3.28. The maximum Gasteiger partial charge on any atom is 0.435 e. The number of nitrogens with zero attached hydrogens (tertiary/aromatic N) is 6. The highest BCUT2D eigenvalue weighted by molar-refractivity contribution is 5.35. The molecule has 0 bridgehead atoms. The lowest BCUT2D eigenvalue weighted by Gasteiger charge is -2.21. The third-order valence-corrected chi connectivity index (χ3v) is 4.20. The van der Waals surface area contributed by atoms with Gasteiger partial charge in [-0.3, -0.25) is 4.79 Å². The van der Waals surface area contributed by atoms with Gasteiger partial charge in [-0.15, -0.1) is 15.3 Å². The quantitative estimate of drug-likeness (QED) is 0.713. The van der Waals surface area contributed by atoms with E-state index in [0.29, 0.717) is 5.82 Å². The lowest BCUT2D eigenvalue weighted by Crippen LogP contribution is -2.37. The molecule has 0 aromatic carbocycles. The van der Waals surface area contributed by atoms with Crippen molar-refractivity contribution in [3.63, 3.8) is 0 Å². The predicted octanol–water partition coefficient (Wildman–Crippen LogP) is 1.29. The second kappa shape index (κ2) is 7.03. The highest BCUT2D eigenvalue weighted by Crippen LogP contribution is 2.27. The van der Waals surface area contributed by atoms with Crippen molar-refractivity contribution in [2.75, 3.05) is 18.5 Å². The summed E-state index contributed by atoms with van der Waals surface area (Å²) < 4.78 is 46.1. The van der Waals surface area contributed by atoms with Gasteiger partial charge in [0.05, 0.1) is 19.3 Å². The van der Waals surface area contributed by atoms with Crippen molar-refractivity contribution in [2.24, 2.45) is 0 Å². The summed E-state index contributed by atoms with van der Waals surface area (Å²) in [5.41, 5.74) is -1.42. The molecule has 3 aromatic heterocycles. The van der Waals surface area contributed by atoms with E-state index < -0.39 is 24.0 Å². The van der Waals surface area contributed by atoms with Crippen LogP contribution >= 0.6 is 0 Å². The molecule has 2 atom stereocenters. The monoisotopic (exact) mass is 393 g/mol. The van der Waals surface area contributed by atoms with Gasteiger partial charge in [-0.05, 0) is 24.3 Å². The fourth-order valence-electron chi connectivity index (χ4n) is 2.85. The van der Waals surface area contributed by atoms with Crippen LogP contribution in [0.3, 0.4) is 0 Å². The van der Waals surface area contributed by atoms with E-state index in [9.17, 15) is 18.0 Å². The number of aromatic nitrogens is 6. The van der Waals surface area contributed by atoms with Gasteiger partial charge >= 0.3 is 6.18 Å². The van der Waals surface area contributed by atoms with Crippen LogP contribution in [0.4, 0.5) is 19.0 Å². The fraction of sp³-hybridized carbons (Fsp3) is 0.312. The smallest absolute Gasteiger partial charge is 0.377 e. The molecular formula is C16H14F3N7O2. The van der Waals surface area contributed by atoms with E-state index >= 15 is 0 Å². The summed E-state index contributed by atoms with van der Waals surface area (Å²) in [4.78, 5) is 12.3. The number of nitrogens with one attached hydrogen (secondary N) is 1. The van der Waals surface area contributed by atoms with Gasteiger partial charge in [-0.25, -0.2) is 9.36 Å². The van der Waals surface area contributed by atoms with E-state index in [1.54, 1.807) is 24.5 Å². The molecule has 0 spiro atoms. The van der Waals surface area contributed by atoms with Gasteiger partial charge in [-0.2, -0.15) is 18.3 Å². The Balaban J connectivity index is 1.57. The number of hydrogen-bond donors (Lipinski definition) is 1. The zero-order valence-corrected chi connectivity index (χ0v) is 14.2. The fourth-order valence-corrected chi connectivity index (χ4v) is 2.85. The van der Waals surface area contributed by atoms with Crippen LogP contribution in [-0.4, -0.2) is 49.0 Å². The molecule has 1 N–H and O–H groups in total. The number of anilines is 1. The van der Waals surface area contributed by atoms with E-state index in [1.807, 2.05) is 0 Å². The predicted molar refractivity (Wildman–Crippen MR) is 89.9 cm³/mol. The number of halogens is 3. The Kier molecular flexibility index (Phi) is 4.55. The van der Waals surface area contributed by atoms with Crippen LogP contribution in [0.5, 0.6) is 0 Å². The average molecular weight is 393 g/mol. The minimum Gasteiger partial charge on any atom is -0.377 e. The van der Waals surface area contributed by atoms with Crippen molar-refractivity contribution >= 4 is 5.82 Å². The van der Waals surface area contributed by atoms with E-state index in [2.05, 4.69) is 25.7 Å². The lowest BCUT2D eigenvalue weighted by molar-refractivity contribution is -0.141. The summed E-state index contributed by atoms with van der Waals surface area (Å²) in [5.74, 6) is 0.592. The minimum atomic E-state index is -4.56. The molecule has 1 aliphatic heterocycles. The molecular weight excluding hydrogens is 379 g/mol. The van der Waals surface area contributed by atoms with Crippen LogP contribution in [0.25, 0.3) is 5.82 Å². The van der Waals surface area contributed by atoms with E-state index in [0.717, 1.165) is 6.07 Å². The summed E-state index contributed by atoms with van der Waals surface area (Å²) in [6.07, 6.45) is -1.28. The van der Waals surface area contributed by atoms with Crippen molar-refractivity contribution in [3.8, 4) is 5.82 Å². The first-order valence-electron chi connectivity index (χ1n) is 8.27. The number of hydrogen-bond acceptors (Lipinski definition) is 7. The highest BCUT2D eigenvalue weighted by atomic mass is 19.4. The van der Waals surface area contributed by atoms with Crippen LogP contribution < -0.4 is 10.9 Å². The van der Waals surface area contributed by atoms with Gasteiger partial charge in [0.2, 0.25) is 0 Å². The summed E-state index contributed by atoms with van der Waals surface area (Å²) in [7, 11) is 0. The first kappa shape index (κ1) is 18.1. The standard InChI is InChI=1S/C16H14F3N7O2/c17-16(18,19)12-2-3-13(23-22-12)21-10-8-28-9-11(10)26-15(27)5-4-14(24-26)25-7-1-6-20-25/h1-7,10-11H,8-9H2,(H,21,23). The summed E-state index contributed by atoms with van der Waals surface area (Å²) in [5, 5.41) is 18.1. The Morgan fingerprint density at radius 3 is 2.68 bits per heavy atom. The molecule has 3 aromatic rings. The molecule has 9 nitrogen and oxygen atoms in total. The zero-order chi connectivity index (χ0) is 19.7. The molecule has 4 rings (SSSR count).